The molecule has 0 spiro atoms. The lowest BCUT2D eigenvalue weighted by atomic mass is 9.94. The molecule has 2 unspecified atom stereocenters. The van der Waals surface area contributed by atoms with E-state index in [9.17, 15) is 9.59 Å². The van der Waals surface area contributed by atoms with Crippen molar-refractivity contribution in [3.8, 4) is 0 Å². The van der Waals surface area contributed by atoms with E-state index >= 15 is 0 Å². The number of amides is 2. The predicted octanol–water partition coefficient (Wildman–Crippen LogP) is 1.49. The van der Waals surface area contributed by atoms with Crippen LogP contribution in [0.5, 0.6) is 0 Å². The Hall–Kier alpha value is -2.08. The van der Waals surface area contributed by atoms with Crippen LogP contribution in [0.3, 0.4) is 0 Å². The second kappa shape index (κ2) is 6.58. The molecular formula is C15H20N2O4. The van der Waals surface area contributed by atoms with Crippen molar-refractivity contribution in [1.82, 2.24) is 5.32 Å². The van der Waals surface area contributed by atoms with Gasteiger partial charge in [0.05, 0.1) is 6.54 Å². The number of ether oxygens (including phenoxy) is 1. The van der Waals surface area contributed by atoms with E-state index < -0.39 is 12.1 Å². The Labute approximate surface area is 123 Å². The van der Waals surface area contributed by atoms with Crippen molar-refractivity contribution < 1.29 is 19.4 Å². The van der Waals surface area contributed by atoms with Gasteiger partial charge in [-0.25, -0.2) is 9.59 Å². The van der Waals surface area contributed by atoms with Gasteiger partial charge in [0.15, 0.2) is 6.10 Å². The van der Waals surface area contributed by atoms with Gasteiger partial charge >= 0.3 is 12.0 Å². The summed E-state index contributed by atoms with van der Waals surface area (Å²) < 4.78 is 4.81. The molecular weight excluding hydrogens is 272 g/mol. The summed E-state index contributed by atoms with van der Waals surface area (Å²) >= 11 is 0. The number of carboxylic acids is 1. The number of nitrogens with one attached hydrogen (secondary N) is 1. The third kappa shape index (κ3) is 3.52. The lowest BCUT2D eigenvalue weighted by Crippen LogP contribution is -2.48. The smallest absolute Gasteiger partial charge is 0.334 e. The molecule has 0 bridgehead atoms. The minimum absolute atomic E-state index is 0.0578. The molecule has 1 aliphatic heterocycles. The normalized spacial score (nSPS) is 18.8. The van der Waals surface area contributed by atoms with Crippen molar-refractivity contribution in [2.45, 2.75) is 19.4 Å². The van der Waals surface area contributed by atoms with Gasteiger partial charge in [0.25, 0.3) is 0 Å². The Morgan fingerprint density at radius 3 is 2.86 bits per heavy atom. The molecule has 0 fully saturated rings. The van der Waals surface area contributed by atoms with Gasteiger partial charge in [-0.2, -0.15) is 0 Å². The monoisotopic (exact) mass is 292 g/mol. The van der Waals surface area contributed by atoms with Crippen molar-refractivity contribution >= 4 is 17.7 Å². The molecule has 6 heteroatoms. The van der Waals surface area contributed by atoms with Gasteiger partial charge in [-0.15, -0.1) is 0 Å². The number of benzene rings is 1. The highest BCUT2D eigenvalue weighted by molar-refractivity contribution is 5.93. The van der Waals surface area contributed by atoms with Crippen LogP contribution >= 0.6 is 0 Å². The summed E-state index contributed by atoms with van der Waals surface area (Å²) in [5, 5.41) is 11.5. The van der Waals surface area contributed by atoms with Gasteiger partial charge in [-0.3, -0.25) is 4.90 Å². The molecule has 1 heterocycles. The van der Waals surface area contributed by atoms with Crippen LogP contribution in [0.4, 0.5) is 10.5 Å². The Morgan fingerprint density at radius 1 is 1.48 bits per heavy atom. The number of hydrogen-bond acceptors (Lipinski definition) is 3. The van der Waals surface area contributed by atoms with E-state index in [2.05, 4.69) is 12.2 Å². The Kier molecular flexibility index (Phi) is 4.80. The van der Waals surface area contributed by atoms with Gasteiger partial charge < -0.3 is 15.2 Å². The molecule has 1 aromatic rings. The molecule has 2 atom stereocenters. The van der Waals surface area contributed by atoms with E-state index in [4.69, 9.17) is 9.84 Å². The number of hydrogen-bond donors (Lipinski definition) is 2. The summed E-state index contributed by atoms with van der Waals surface area (Å²) in [5.74, 6) is -0.728. The highest BCUT2D eigenvalue weighted by Crippen LogP contribution is 2.29. The molecule has 0 aromatic heterocycles. The molecule has 6 nitrogen and oxygen atoms in total. The largest absolute Gasteiger partial charge is 0.479 e. The van der Waals surface area contributed by atoms with Crippen LogP contribution in [0.15, 0.2) is 24.3 Å². The number of urea groups is 1. The number of carboxylic acid groups (broad SMARTS) is 1. The number of anilines is 1. The van der Waals surface area contributed by atoms with Crippen LogP contribution < -0.4 is 10.2 Å². The van der Waals surface area contributed by atoms with Crippen LogP contribution in [-0.4, -0.2) is 43.4 Å². The number of rotatable bonds is 4. The van der Waals surface area contributed by atoms with Gasteiger partial charge in [-0.05, 0) is 24.0 Å². The quantitative estimate of drug-likeness (QED) is 0.881. The molecule has 114 valence electrons. The highest BCUT2D eigenvalue weighted by atomic mass is 16.5. The summed E-state index contributed by atoms with van der Waals surface area (Å²) in [6.45, 7) is 2.65. The van der Waals surface area contributed by atoms with Gasteiger partial charge in [0, 0.05) is 19.3 Å². The van der Waals surface area contributed by atoms with E-state index in [0.29, 0.717) is 12.5 Å². The first-order valence-electron chi connectivity index (χ1n) is 6.91. The minimum atomic E-state index is -1.09. The SMILES string of the molecule is COC(CNC(=O)N1CC(C)Cc2ccccc21)C(=O)O. The number of para-hydroxylation sites is 1. The van der Waals surface area contributed by atoms with E-state index in [0.717, 1.165) is 17.7 Å². The fourth-order valence-electron chi connectivity index (χ4n) is 2.54. The second-order valence-corrected chi connectivity index (χ2v) is 5.30. The number of methoxy groups -OCH3 is 1. The molecule has 1 aliphatic rings. The maximum Gasteiger partial charge on any atom is 0.334 e. The first-order chi connectivity index (χ1) is 10.0. The summed E-state index contributed by atoms with van der Waals surface area (Å²) in [6, 6.07) is 7.48. The van der Waals surface area contributed by atoms with E-state index in [1.807, 2.05) is 24.3 Å². The maximum atomic E-state index is 12.3. The Balaban J connectivity index is 2.07. The molecule has 1 aromatic carbocycles. The Morgan fingerprint density at radius 2 is 2.19 bits per heavy atom. The number of fused-ring (bicyclic) bond motifs is 1. The van der Waals surface area contributed by atoms with Gasteiger partial charge in [-0.1, -0.05) is 25.1 Å². The standard InChI is InChI=1S/C15H20N2O4/c1-10-7-11-5-3-4-6-12(11)17(9-10)15(20)16-8-13(21-2)14(18)19/h3-6,10,13H,7-9H2,1-2H3,(H,16,20)(H,18,19). The maximum absolute atomic E-state index is 12.3. The van der Waals surface area contributed by atoms with Crippen LogP contribution in [0, 0.1) is 5.92 Å². The van der Waals surface area contributed by atoms with Crippen LogP contribution in [0.1, 0.15) is 12.5 Å². The molecule has 0 saturated carbocycles. The zero-order valence-corrected chi connectivity index (χ0v) is 12.2. The number of nitrogens with zero attached hydrogens (tertiary/aromatic N) is 1. The van der Waals surface area contributed by atoms with Crippen molar-refractivity contribution in [3.63, 3.8) is 0 Å². The lowest BCUT2D eigenvalue weighted by molar-refractivity contribution is -0.147. The molecule has 0 radical (unpaired) electrons. The average molecular weight is 292 g/mol. The van der Waals surface area contributed by atoms with Crippen molar-refractivity contribution in [3.05, 3.63) is 29.8 Å². The number of aliphatic carboxylic acids is 1. The summed E-state index contributed by atoms with van der Waals surface area (Å²) in [5.41, 5.74) is 2.02. The van der Waals surface area contributed by atoms with Crippen molar-refractivity contribution in [2.75, 3.05) is 25.1 Å². The average Bonchev–Trinajstić information content (AvgIpc) is 2.46. The van der Waals surface area contributed by atoms with Crippen molar-refractivity contribution in [2.24, 2.45) is 5.92 Å². The van der Waals surface area contributed by atoms with Crippen LogP contribution in [0.2, 0.25) is 0 Å². The lowest BCUT2D eigenvalue weighted by Gasteiger charge is -2.33. The Bertz CT molecular complexity index is 532. The molecule has 2 amide bonds. The number of carbonyl (C=O) groups excluding carboxylic acids is 1. The zero-order valence-electron chi connectivity index (χ0n) is 12.2. The van der Waals surface area contributed by atoms with Crippen LogP contribution in [-0.2, 0) is 16.0 Å². The van der Waals surface area contributed by atoms with Crippen molar-refractivity contribution in [1.29, 1.82) is 0 Å². The van der Waals surface area contributed by atoms with Gasteiger partial charge in [0.1, 0.15) is 0 Å². The second-order valence-electron chi connectivity index (χ2n) is 5.30. The third-order valence-electron chi connectivity index (χ3n) is 3.59. The minimum Gasteiger partial charge on any atom is -0.479 e. The molecule has 0 aliphatic carbocycles. The summed E-state index contributed by atoms with van der Waals surface area (Å²) in [4.78, 5) is 24.9. The summed E-state index contributed by atoms with van der Waals surface area (Å²) in [6.07, 6.45) is -0.0955. The molecule has 21 heavy (non-hydrogen) atoms. The van der Waals surface area contributed by atoms with E-state index in [1.165, 1.54) is 7.11 Å². The van der Waals surface area contributed by atoms with E-state index in [1.54, 1.807) is 4.90 Å². The van der Waals surface area contributed by atoms with Gasteiger partial charge in [0.2, 0.25) is 0 Å². The topological polar surface area (TPSA) is 78.9 Å². The first kappa shape index (κ1) is 15.3. The molecule has 2 N–H and O–H groups in total. The summed E-state index contributed by atoms with van der Waals surface area (Å²) in [7, 11) is 1.31. The van der Waals surface area contributed by atoms with E-state index in [-0.39, 0.29) is 12.6 Å². The third-order valence-corrected chi connectivity index (χ3v) is 3.59. The fourth-order valence-corrected chi connectivity index (χ4v) is 2.54. The fraction of sp³-hybridized carbons (Fsp3) is 0.467. The predicted molar refractivity (Wildman–Crippen MR) is 78.5 cm³/mol. The zero-order chi connectivity index (χ0) is 15.4. The number of carbonyl (C=O) groups is 2. The molecule has 2 rings (SSSR count). The molecule has 0 saturated heterocycles. The van der Waals surface area contributed by atoms with Crippen LogP contribution in [0.25, 0.3) is 0 Å². The first-order valence-corrected chi connectivity index (χ1v) is 6.91. The highest BCUT2D eigenvalue weighted by Gasteiger charge is 2.27.